The first-order valence-electron chi connectivity index (χ1n) is 3.16. The van der Waals surface area contributed by atoms with Crippen LogP contribution in [0.4, 0.5) is 6.01 Å². The van der Waals surface area contributed by atoms with Gasteiger partial charge in [-0.3, -0.25) is 5.21 Å². The fourth-order valence-electron chi connectivity index (χ4n) is 0.920. The Balaban J connectivity index is 2.69. The molecule has 0 aliphatic rings. The van der Waals surface area contributed by atoms with Crippen molar-refractivity contribution < 1.29 is 9.62 Å². The van der Waals surface area contributed by atoms with Crippen molar-refractivity contribution in [3.05, 3.63) is 24.3 Å². The smallest absolute Gasteiger partial charge is 0.320 e. The first-order chi connectivity index (χ1) is 5.40. The van der Waals surface area contributed by atoms with Crippen LogP contribution in [0.25, 0.3) is 11.1 Å². The second-order valence-electron chi connectivity index (χ2n) is 2.10. The monoisotopic (exact) mass is 150 g/mol. The molecule has 56 valence electrons. The second kappa shape index (κ2) is 2.25. The lowest BCUT2D eigenvalue weighted by Gasteiger charge is -1.83. The molecule has 0 unspecified atom stereocenters. The van der Waals surface area contributed by atoms with Gasteiger partial charge in [-0.2, -0.15) is 4.98 Å². The molecule has 2 aromatic rings. The van der Waals surface area contributed by atoms with Crippen LogP contribution >= 0.6 is 0 Å². The zero-order valence-electron chi connectivity index (χ0n) is 5.61. The molecule has 0 fully saturated rings. The molecule has 4 nitrogen and oxygen atoms in total. The Morgan fingerprint density at radius 3 is 2.91 bits per heavy atom. The Morgan fingerprint density at radius 1 is 1.36 bits per heavy atom. The number of nitrogens with one attached hydrogen (secondary N) is 1. The fourth-order valence-corrected chi connectivity index (χ4v) is 0.920. The number of rotatable bonds is 1. The van der Waals surface area contributed by atoms with E-state index in [1.165, 1.54) is 0 Å². The van der Waals surface area contributed by atoms with Crippen molar-refractivity contribution in [3.63, 3.8) is 0 Å². The van der Waals surface area contributed by atoms with E-state index in [-0.39, 0.29) is 6.01 Å². The largest absolute Gasteiger partial charge is 0.422 e. The van der Waals surface area contributed by atoms with Gasteiger partial charge in [0.1, 0.15) is 5.52 Å². The summed E-state index contributed by atoms with van der Waals surface area (Å²) in [6.07, 6.45) is 0. The highest BCUT2D eigenvalue weighted by Crippen LogP contribution is 2.16. The summed E-state index contributed by atoms with van der Waals surface area (Å²) in [6.45, 7) is 0. The van der Waals surface area contributed by atoms with Crippen molar-refractivity contribution in [3.8, 4) is 0 Å². The Bertz CT molecular complexity index is 336. The SMILES string of the molecule is ONc1nc2ccccc2o1. The van der Waals surface area contributed by atoms with Crippen molar-refractivity contribution >= 4 is 17.1 Å². The Morgan fingerprint density at radius 2 is 2.18 bits per heavy atom. The molecule has 11 heavy (non-hydrogen) atoms. The third-order valence-corrected chi connectivity index (χ3v) is 1.39. The van der Waals surface area contributed by atoms with Gasteiger partial charge in [0.25, 0.3) is 0 Å². The van der Waals surface area contributed by atoms with Crippen LogP contribution in [0.15, 0.2) is 28.7 Å². The van der Waals surface area contributed by atoms with Crippen LogP contribution < -0.4 is 5.48 Å². The number of anilines is 1. The number of aromatic nitrogens is 1. The number of fused-ring (bicyclic) bond motifs is 1. The quantitative estimate of drug-likeness (QED) is 0.606. The molecule has 0 amide bonds. The van der Waals surface area contributed by atoms with E-state index in [4.69, 9.17) is 9.62 Å². The van der Waals surface area contributed by atoms with Crippen LogP contribution in [0.2, 0.25) is 0 Å². The van der Waals surface area contributed by atoms with Crippen LogP contribution in [0, 0.1) is 0 Å². The van der Waals surface area contributed by atoms with E-state index in [0.717, 1.165) is 5.52 Å². The lowest BCUT2D eigenvalue weighted by molar-refractivity contribution is 0.362. The highest BCUT2D eigenvalue weighted by molar-refractivity contribution is 5.73. The summed E-state index contributed by atoms with van der Waals surface area (Å²) in [6, 6.07) is 7.40. The molecule has 0 bridgehead atoms. The van der Waals surface area contributed by atoms with Gasteiger partial charge in [-0.05, 0) is 12.1 Å². The van der Waals surface area contributed by atoms with E-state index >= 15 is 0 Å². The van der Waals surface area contributed by atoms with Crippen molar-refractivity contribution in [2.45, 2.75) is 0 Å². The van der Waals surface area contributed by atoms with Gasteiger partial charge in [-0.15, -0.1) is 0 Å². The minimum absolute atomic E-state index is 0.117. The summed E-state index contributed by atoms with van der Waals surface area (Å²) in [4.78, 5) is 3.90. The molecule has 0 aliphatic heterocycles. The molecule has 2 N–H and O–H groups in total. The lowest BCUT2D eigenvalue weighted by atomic mass is 10.3. The number of nitrogens with zero attached hydrogens (tertiary/aromatic N) is 1. The summed E-state index contributed by atoms with van der Waals surface area (Å²) in [5.41, 5.74) is 3.22. The Kier molecular flexibility index (Phi) is 1.26. The van der Waals surface area contributed by atoms with Crippen LogP contribution in [0.1, 0.15) is 0 Å². The number of para-hydroxylation sites is 2. The third kappa shape index (κ3) is 0.929. The molecule has 0 radical (unpaired) electrons. The van der Waals surface area contributed by atoms with Crippen molar-refractivity contribution in [2.75, 3.05) is 5.48 Å². The predicted molar refractivity (Wildman–Crippen MR) is 39.4 cm³/mol. The third-order valence-electron chi connectivity index (χ3n) is 1.39. The van der Waals surface area contributed by atoms with Gasteiger partial charge >= 0.3 is 6.01 Å². The molecule has 0 saturated heterocycles. The number of hydrogen-bond donors (Lipinski definition) is 2. The zero-order valence-corrected chi connectivity index (χ0v) is 5.61. The van der Waals surface area contributed by atoms with Gasteiger partial charge < -0.3 is 4.42 Å². The van der Waals surface area contributed by atoms with E-state index in [1.807, 2.05) is 17.6 Å². The minimum atomic E-state index is 0.117. The van der Waals surface area contributed by atoms with Crippen LogP contribution in [0.5, 0.6) is 0 Å². The van der Waals surface area contributed by atoms with Crippen molar-refractivity contribution in [1.29, 1.82) is 0 Å². The molecule has 1 aromatic carbocycles. The first kappa shape index (κ1) is 6.18. The Labute approximate surface area is 62.4 Å². The normalized spacial score (nSPS) is 10.3. The van der Waals surface area contributed by atoms with E-state index in [1.54, 1.807) is 12.1 Å². The summed E-state index contributed by atoms with van der Waals surface area (Å²) in [7, 11) is 0. The maximum atomic E-state index is 8.43. The molecule has 0 aliphatic carbocycles. The number of hydrogen-bond acceptors (Lipinski definition) is 4. The number of oxazole rings is 1. The molecule has 2 rings (SSSR count). The van der Waals surface area contributed by atoms with Crippen molar-refractivity contribution in [1.82, 2.24) is 4.98 Å². The maximum Gasteiger partial charge on any atom is 0.320 e. The molecular weight excluding hydrogens is 144 g/mol. The average molecular weight is 150 g/mol. The second-order valence-corrected chi connectivity index (χ2v) is 2.10. The van der Waals surface area contributed by atoms with E-state index in [9.17, 15) is 0 Å². The average Bonchev–Trinajstić information content (AvgIpc) is 2.46. The summed E-state index contributed by atoms with van der Waals surface area (Å²) < 4.78 is 5.04. The number of benzene rings is 1. The molecule has 1 aromatic heterocycles. The zero-order chi connectivity index (χ0) is 7.68. The molecule has 1 heterocycles. The van der Waals surface area contributed by atoms with Gasteiger partial charge in [0.15, 0.2) is 5.58 Å². The standard InChI is InChI=1S/C7H6N2O2/c10-9-7-8-5-3-1-2-4-6(5)11-7/h1-4,10H,(H,8,9). The maximum absolute atomic E-state index is 8.43. The highest BCUT2D eigenvalue weighted by Gasteiger charge is 2.01. The summed E-state index contributed by atoms with van der Waals surface area (Å²) >= 11 is 0. The van der Waals surface area contributed by atoms with Crippen LogP contribution in [0.3, 0.4) is 0 Å². The van der Waals surface area contributed by atoms with E-state index in [2.05, 4.69) is 4.98 Å². The van der Waals surface area contributed by atoms with Gasteiger partial charge in [0, 0.05) is 0 Å². The first-order valence-corrected chi connectivity index (χ1v) is 3.16. The Hall–Kier alpha value is -1.55. The van der Waals surface area contributed by atoms with Crippen molar-refractivity contribution in [2.24, 2.45) is 0 Å². The van der Waals surface area contributed by atoms with Crippen LogP contribution in [-0.4, -0.2) is 10.2 Å². The highest BCUT2D eigenvalue weighted by atomic mass is 16.5. The van der Waals surface area contributed by atoms with Crippen LogP contribution in [-0.2, 0) is 0 Å². The van der Waals surface area contributed by atoms with Gasteiger partial charge in [-0.1, -0.05) is 12.1 Å². The van der Waals surface area contributed by atoms with Gasteiger partial charge in [0.05, 0.1) is 0 Å². The molecule has 0 spiro atoms. The topological polar surface area (TPSA) is 58.3 Å². The van der Waals surface area contributed by atoms with Gasteiger partial charge in [-0.25, -0.2) is 5.48 Å². The van der Waals surface area contributed by atoms with E-state index in [0.29, 0.717) is 5.58 Å². The molecule has 0 atom stereocenters. The molecule has 4 heteroatoms. The minimum Gasteiger partial charge on any atom is -0.422 e. The fraction of sp³-hybridized carbons (Fsp3) is 0. The van der Waals surface area contributed by atoms with Gasteiger partial charge in [0.2, 0.25) is 0 Å². The lowest BCUT2D eigenvalue weighted by Crippen LogP contribution is -1.86. The molecule has 0 saturated carbocycles. The predicted octanol–water partition coefficient (Wildman–Crippen LogP) is 1.63. The van der Waals surface area contributed by atoms with E-state index < -0.39 is 0 Å². The molecular formula is C7H6N2O2. The summed E-state index contributed by atoms with van der Waals surface area (Å²) in [5.74, 6) is 0. The summed E-state index contributed by atoms with van der Waals surface area (Å²) in [5, 5.41) is 8.43.